The number of aryl methyl sites for hydroxylation is 1. The van der Waals surface area contributed by atoms with E-state index in [2.05, 4.69) is 4.98 Å². The molecule has 0 aliphatic rings. The Kier molecular flexibility index (Phi) is 3.14. The molecule has 64 valence electrons. The van der Waals surface area contributed by atoms with Crippen LogP contribution >= 0.6 is 11.8 Å². The standard InChI is InChI=1S/C7H10BNO2S/c1-5-3-6(8(10)11)4-9-7(5)12-2/h3-4,10-11H,1-2H3. The van der Waals surface area contributed by atoms with Gasteiger partial charge in [-0.15, -0.1) is 11.8 Å². The first-order valence-electron chi connectivity index (χ1n) is 3.52. The van der Waals surface area contributed by atoms with E-state index < -0.39 is 7.12 Å². The molecule has 12 heavy (non-hydrogen) atoms. The van der Waals surface area contributed by atoms with Crippen LogP contribution in [0.15, 0.2) is 17.3 Å². The molecule has 0 saturated heterocycles. The average Bonchev–Trinajstić information content (AvgIpc) is 2.04. The second kappa shape index (κ2) is 3.93. The number of hydrogen-bond acceptors (Lipinski definition) is 4. The summed E-state index contributed by atoms with van der Waals surface area (Å²) in [6, 6.07) is 1.73. The maximum absolute atomic E-state index is 8.82. The van der Waals surface area contributed by atoms with E-state index in [4.69, 9.17) is 10.0 Å². The van der Waals surface area contributed by atoms with Crippen LogP contribution in [0.5, 0.6) is 0 Å². The number of aromatic nitrogens is 1. The van der Waals surface area contributed by atoms with Gasteiger partial charge in [0.25, 0.3) is 0 Å². The molecular formula is C7H10BNO2S. The Bertz CT molecular complexity index is 280. The minimum atomic E-state index is -1.42. The summed E-state index contributed by atoms with van der Waals surface area (Å²) in [6.07, 6.45) is 3.41. The maximum Gasteiger partial charge on any atom is 0.490 e. The molecule has 3 nitrogen and oxygen atoms in total. The molecule has 0 amide bonds. The lowest BCUT2D eigenvalue weighted by Gasteiger charge is -2.03. The molecule has 0 aliphatic heterocycles. The molecular weight excluding hydrogens is 173 g/mol. The van der Waals surface area contributed by atoms with E-state index in [0.717, 1.165) is 10.6 Å². The van der Waals surface area contributed by atoms with Crippen molar-refractivity contribution in [2.24, 2.45) is 0 Å². The van der Waals surface area contributed by atoms with E-state index in [9.17, 15) is 0 Å². The lowest BCUT2D eigenvalue weighted by atomic mass is 9.81. The Balaban J connectivity index is 3.02. The molecule has 0 spiro atoms. The third-order valence-electron chi connectivity index (χ3n) is 1.54. The Hall–Kier alpha value is -0.515. The summed E-state index contributed by atoms with van der Waals surface area (Å²) >= 11 is 1.54. The Morgan fingerprint density at radius 2 is 2.17 bits per heavy atom. The van der Waals surface area contributed by atoms with Crippen LogP contribution in [0.25, 0.3) is 0 Å². The molecule has 0 aromatic carbocycles. The Morgan fingerprint density at radius 3 is 2.58 bits per heavy atom. The Morgan fingerprint density at radius 1 is 1.50 bits per heavy atom. The largest absolute Gasteiger partial charge is 0.490 e. The number of rotatable bonds is 2. The lowest BCUT2D eigenvalue weighted by Crippen LogP contribution is -2.30. The van der Waals surface area contributed by atoms with Gasteiger partial charge in [-0.05, 0) is 18.7 Å². The lowest BCUT2D eigenvalue weighted by molar-refractivity contribution is 0.425. The van der Waals surface area contributed by atoms with Gasteiger partial charge in [-0.3, -0.25) is 4.98 Å². The van der Waals surface area contributed by atoms with Crippen molar-refractivity contribution in [2.45, 2.75) is 11.9 Å². The van der Waals surface area contributed by atoms with Gasteiger partial charge >= 0.3 is 7.12 Å². The van der Waals surface area contributed by atoms with Crippen LogP contribution in [0.4, 0.5) is 0 Å². The summed E-state index contributed by atoms with van der Waals surface area (Å²) < 4.78 is 0. The zero-order valence-corrected chi connectivity index (χ0v) is 7.80. The summed E-state index contributed by atoms with van der Waals surface area (Å²) in [5, 5.41) is 18.6. The highest BCUT2D eigenvalue weighted by molar-refractivity contribution is 7.98. The SMILES string of the molecule is CSc1ncc(B(O)O)cc1C. The highest BCUT2D eigenvalue weighted by atomic mass is 32.2. The van der Waals surface area contributed by atoms with Crippen molar-refractivity contribution in [3.8, 4) is 0 Å². The average molecular weight is 183 g/mol. The summed E-state index contributed by atoms with van der Waals surface area (Å²) in [6.45, 7) is 1.89. The molecule has 0 radical (unpaired) electrons. The van der Waals surface area contributed by atoms with Crippen LogP contribution in [0.3, 0.4) is 0 Å². The summed E-state index contributed by atoms with van der Waals surface area (Å²) in [7, 11) is -1.42. The van der Waals surface area contributed by atoms with Crippen LogP contribution in [0, 0.1) is 6.92 Å². The second-order valence-electron chi connectivity index (χ2n) is 2.47. The van der Waals surface area contributed by atoms with Gasteiger partial charge in [0, 0.05) is 11.7 Å². The normalized spacial score (nSPS) is 10.0. The van der Waals surface area contributed by atoms with E-state index >= 15 is 0 Å². The monoisotopic (exact) mass is 183 g/mol. The van der Waals surface area contributed by atoms with Crippen LogP contribution in [0.2, 0.25) is 0 Å². The smallest absolute Gasteiger partial charge is 0.423 e. The van der Waals surface area contributed by atoms with Crippen molar-refractivity contribution in [3.63, 3.8) is 0 Å². The van der Waals surface area contributed by atoms with Gasteiger partial charge in [0.15, 0.2) is 0 Å². The first-order chi connectivity index (χ1) is 5.65. The zero-order valence-electron chi connectivity index (χ0n) is 6.98. The molecule has 0 atom stereocenters. The molecule has 1 heterocycles. The van der Waals surface area contributed by atoms with Crippen LogP contribution in [0.1, 0.15) is 5.56 Å². The predicted molar refractivity (Wildman–Crippen MR) is 50.6 cm³/mol. The van der Waals surface area contributed by atoms with Crippen molar-refractivity contribution in [1.29, 1.82) is 0 Å². The minimum absolute atomic E-state index is 0.435. The number of pyridine rings is 1. The third kappa shape index (κ3) is 2.00. The maximum atomic E-state index is 8.82. The van der Waals surface area contributed by atoms with Crippen molar-refractivity contribution in [3.05, 3.63) is 17.8 Å². The topological polar surface area (TPSA) is 53.4 Å². The molecule has 0 bridgehead atoms. The van der Waals surface area contributed by atoms with Crippen molar-refractivity contribution in [2.75, 3.05) is 6.26 Å². The zero-order chi connectivity index (χ0) is 9.14. The molecule has 0 saturated carbocycles. The van der Waals surface area contributed by atoms with Gasteiger partial charge in [-0.25, -0.2) is 0 Å². The highest BCUT2D eigenvalue weighted by Gasteiger charge is 2.12. The fourth-order valence-electron chi connectivity index (χ4n) is 0.939. The minimum Gasteiger partial charge on any atom is -0.423 e. The van der Waals surface area contributed by atoms with Crippen molar-refractivity contribution >= 4 is 24.3 Å². The van der Waals surface area contributed by atoms with E-state index in [0.29, 0.717) is 5.46 Å². The summed E-state index contributed by atoms with van der Waals surface area (Å²) in [4.78, 5) is 4.06. The first kappa shape index (κ1) is 9.57. The molecule has 0 fully saturated rings. The molecule has 2 N–H and O–H groups in total. The molecule has 1 aromatic rings. The van der Waals surface area contributed by atoms with Crippen LogP contribution < -0.4 is 5.46 Å². The van der Waals surface area contributed by atoms with Crippen LogP contribution in [-0.4, -0.2) is 28.4 Å². The second-order valence-corrected chi connectivity index (χ2v) is 3.26. The summed E-state index contributed by atoms with van der Waals surface area (Å²) in [5.41, 5.74) is 1.40. The van der Waals surface area contributed by atoms with Crippen LogP contribution in [-0.2, 0) is 0 Å². The Labute approximate surface area is 76.0 Å². The van der Waals surface area contributed by atoms with Crippen molar-refractivity contribution < 1.29 is 10.0 Å². The quantitative estimate of drug-likeness (QED) is 0.492. The van der Waals surface area contributed by atoms with E-state index in [1.807, 2.05) is 13.2 Å². The number of nitrogens with zero attached hydrogens (tertiary/aromatic N) is 1. The van der Waals surface area contributed by atoms with Gasteiger partial charge in [0.05, 0.1) is 5.03 Å². The summed E-state index contributed by atoms with van der Waals surface area (Å²) in [5.74, 6) is 0. The van der Waals surface area contributed by atoms with Gasteiger partial charge in [-0.2, -0.15) is 0 Å². The van der Waals surface area contributed by atoms with Gasteiger partial charge in [0.1, 0.15) is 0 Å². The van der Waals surface area contributed by atoms with E-state index in [1.54, 1.807) is 17.8 Å². The number of hydrogen-bond donors (Lipinski definition) is 2. The third-order valence-corrected chi connectivity index (χ3v) is 2.36. The van der Waals surface area contributed by atoms with Gasteiger partial charge in [-0.1, -0.05) is 6.07 Å². The first-order valence-corrected chi connectivity index (χ1v) is 4.74. The van der Waals surface area contributed by atoms with Crippen molar-refractivity contribution in [1.82, 2.24) is 4.98 Å². The molecule has 0 aliphatic carbocycles. The van der Waals surface area contributed by atoms with E-state index in [1.165, 1.54) is 6.20 Å². The molecule has 0 unspecified atom stereocenters. The van der Waals surface area contributed by atoms with Gasteiger partial charge < -0.3 is 10.0 Å². The molecule has 1 aromatic heterocycles. The predicted octanol–water partition coefficient (Wildman–Crippen LogP) is -0.208. The molecule has 1 rings (SSSR count). The highest BCUT2D eigenvalue weighted by Crippen LogP contribution is 2.14. The fraction of sp³-hybridized carbons (Fsp3) is 0.286. The number of thioether (sulfide) groups is 1. The fourth-order valence-corrected chi connectivity index (χ4v) is 1.48. The van der Waals surface area contributed by atoms with Gasteiger partial charge in [0.2, 0.25) is 0 Å². The molecule has 5 heteroatoms. The van der Waals surface area contributed by atoms with E-state index in [-0.39, 0.29) is 0 Å².